The largest absolute Gasteiger partial charge is 0.492 e. The Bertz CT molecular complexity index is 1700. The van der Waals surface area contributed by atoms with Gasteiger partial charge in [0, 0.05) is 12.6 Å². The molecule has 1 atom stereocenters. The molecule has 0 fully saturated rings. The van der Waals surface area contributed by atoms with Gasteiger partial charge in [-0.15, -0.1) is 0 Å². The fourth-order valence-corrected chi connectivity index (χ4v) is 6.03. The molecular weight excluding hydrogens is 542 g/mol. The minimum absolute atomic E-state index is 0.0937. The van der Waals surface area contributed by atoms with Crippen LogP contribution in [-0.2, 0) is 21.2 Å². The number of aromatic nitrogens is 2. The number of hydrogen-bond acceptors (Lipinski definition) is 7. The number of carbonyl (C=O) groups is 1. The molecule has 2 N–H and O–H groups in total. The summed E-state index contributed by atoms with van der Waals surface area (Å²) >= 11 is 0. The first-order chi connectivity index (χ1) is 19.6. The van der Waals surface area contributed by atoms with Crippen LogP contribution in [0.2, 0.25) is 0 Å². The summed E-state index contributed by atoms with van der Waals surface area (Å²) in [6, 6.07) is 21.4. The molecular formula is C31H33N3O6S. The lowest BCUT2D eigenvalue weighted by Gasteiger charge is -2.23. The Morgan fingerprint density at radius 1 is 1.00 bits per heavy atom. The van der Waals surface area contributed by atoms with Crippen LogP contribution in [0.3, 0.4) is 0 Å². The smallest absolute Gasteiger partial charge is 0.277 e. The first kappa shape index (κ1) is 29.7. The Kier molecular flexibility index (Phi) is 9.05. The second kappa shape index (κ2) is 12.5. The molecule has 1 heterocycles. The number of aromatic hydroxyl groups is 1. The Labute approximate surface area is 239 Å². The molecule has 9 nitrogen and oxygen atoms in total. The van der Waals surface area contributed by atoms with Gasteiger partial charge in [0.05, 0.1) is 17.0 Å². The Hall–Kier alpha value is -4.28. The predicted octanol–water partition coefficient (Wildman–Crippen LogP) is 4.73. The average Bonchev–Trinajstić information content (AvgIpc) is 2.97. The Morgan fingerprint density at radius 2 is 1.63 bits per heavy atom. The SMILES string of the molecule is CC[C@@H](c1ccccc1)n1c(COC(C)C)nc(O)c(S(=O)(=O)c2ccc(-c3ccccc3C(=O)NC)cc2)c1=O. The van der Waals surface area contributed by atoms with Crippen LogP contribution in [-0.4, -0.2) is 42.1 Å². The van der Waals surface area contributed by atoms with Gasteiger partial charge < -0.3 is 15.2 Å². The van der Waals surface area contributed by atoms with Crippen LogP contribution in [0.5, 0.6) is 5.88 Å². The maximum atomic E-state index is 14.0. The molecule has 3 aromatic carbocycles. The summed E-state index contributed by atoms with van der Waals surface area (Å²) in [5.74, 6) is -1.04. The second-order valence-corrected chi connectivity index (χ2v) is 11.6. The minimum Gasteiger partial charge on any atom is -0.492 e. The molecule has 4 aromatic rings. The molecule has 214 valence electrons. The molecule has 0 spiro atoms. The van der Waals surface area contributed by atoms with Gasteiger partial charge in [0.25, 0.3) is 11.5 Å². The summed E-state index contributed by atoms with van der Waals surface area (Å²) in [4.78, 5) is 29.5. The van der Waals surface area contributed by atoms with Crippen LogP contribution in [0.25, 0.3) is 11.1 Å². The first-order valence-electron chi connectivity index (χ1n) is 13.3. The van der Waals surface area contributed by atoms with Crippen LogP contribution in [0.4, 0.5) is 0 Å². The molecule has 0 aliphatic rings. The van der Waals surface area contributed by atoms with E-state index < -0.39 is 32.2 Å². The standard InChI is InChI=1S/C31H33N3O6S/c1-5-26(22-11-7-6-8-12-22)34-27(19-40-20(2)3)33-30(36)28(31(34)37)41(38,39)23-17-15-21(16-18-23)24-13-9-10-14-25(24)29(35)32-4/h6-18,20,26,36H,5,19H2,1-4H3,(H,32,35)/t26-/m0/s1. The highest BCUT2D eigenvalue weighted by atomic mass is 32.2. The number of ether oxygens (including phenoxy) is 1. The summed E-state index contributed by atoms with van der Waals surface area (Å²) < 4.78 is 34.6. The number of benzene rings is 3. The number of hydrogen-bond donors (Lipinski definition) is 2. The number of carbonyl (C=O) groups excluding carboxylic acids is 1. The maximum absolute atomic E-state index is 14.0. The number of amides is 1. The van der Waals surface area contributed by atoms with E-state index in [1.165, 1.54) is 23.7 Å². The molecule has 41 heavy (non-hydrogen) atoms. The summed E-state index contributed by atoms with van der Waals surface area (Å²) in [6.07, 6.45) is 0.277. The van der Waals surface area contributed by atoms with Crippen molar-refractivity contribution in [3.8, 4) is 17.0 Å². The zero-order chi connectivity index (χ0) is 29.7. The van der Waals surface area contributed by atoms with E-state index in [0.29, 0.717) is 23.1 Å². The molecule has 0 unspecified atom stereocenters. The van der Waals surface area contributed by atoms with Gasteiger partial charge in [-0.3, -0.25) is 14.2 Å². The van der Waals surface area contributed by atoms with Crippen molar-refractivity contribution in [2.45, 2.75) is 55.7 Å². The van der Waals surface area contributed by atoms with Crippen LogP contribution < -0.4 is 10.9 Å². The summed E-state index contributed by atoms with van der Waals surface area (Å²) in [7, 11) is -2.96. The normalized spacial score (nSPS) is 12.3. The third-order valence-corrected chi connectivity index (χ3v) is 8.49. The fraction of sp³-hybridized carbons (Fsp3) is 0.258. The number of sulfone groups is 1. The lowest BCUT2D eigenvalue weighted by Crippen LogP contribution is -2.34. The van der Waals surface area contributed by atoms with E-state index >= 15 is 0 Å². The summed E-state index contributed by atoms with van der Waals surface area (Å²) in [5, 5.41) is 13.4. The highest BCUT2D eigenvalue weighted by Gasteiger charge is 2.32. The van der Waals surface area contributed by atoms with Crippen molar-refractivity contribution >= 4 is 15.7 Å². The van der Waals surface area contributed by atoms with Crippen molar-refractivity contribution in [1.82, 2.24) is 14.9 Å². The maximum Gasteiger partial charge on any atom is 0.277 e. The van der Waals surface area contributed by atoms with Crippen molar-refractivity contribution in [1.29, 1.82) is 0 Å². The third kappa shape index (κ3) is 6.08. The Morgan fingerprint density at radius 3 is 2.24 bits per heavy atom. The van der Waals surface area contributed by atoms with Gasteiger partial charge in [-0.25, -0.2) is 8.42 Å². The lowest BCUT2D eigenvalue weighted by atomic mass is 9.99. The lowest BCUT2D eigenvalue weighted by molar-refractivity contribution is 0.0573. The zero-order valence-corrected chi connectivity index (χ0v) is 24.2. The van der Waals surface area contributed by atoms with E-state index in [1.807, 2.05) is 51.1 Å². The summed E-state index contributed by atoms with van der Waals surface area (Å²) in [5.41, 5.74) is 1.56. The molecule has 0 bridgehead atoms. The van der Waals surface area contributed by atoms with E-state index in [4.69, 9.17) is 4.74 Å². The van der Waals surface area contributed by atoms with Gasteiger partial charge in [-0.2, -0.15) is 4.98 Å². The van der Waals surface area contributed by atoms with Crippen molar-refractivity contribution in [3.05, 3.63) is 106 Å². The molecule has 0 saturated heterocycles. The quantitative estimate of drug-likeness (QED) is 0.280. The van der Waals surface area contributed by atoms with Crippen molar-refractivity contribution in [3.63, 3.8) is 0 Å². The Balaban J connectivity index is 1.85. The molecule has 0 radical (unpaired) electrons. The van der Waals surface area contributed by atoms with E-state index in [1.54, 1.807) is 36.4 Å². The van der Waals surface area contributed by atoms with E-state index in [0.717, 1.165) is 5.56 Å². The number of rotatable bonds is 10. The van der Waals surface area contributed by atoms with Crippen molar-refractivity contribution < 1.29 is 23.1 Å². The van der Waals surface area contributed by atoms with Crippen LogP contribution >= 0.6 is 0 Å². The van der Waals surface area contributed by atoms with Crippen LogP contribution in [0.15, 0.2) is 93.4 Å². The van der Waals surface area contributed by atoms with Gasteiger partial charge in [0.2, 0.25) is 15.7 Å². The third-order valence-electron chi connectivity index (χ3n) is 6.70. The van der Waals surface area contributed by atoms with Crippen molar-refractivity contribution in [2.24, 2.45) is 0 Å². The van der Waals surface area contributed by atoms with Crippen LogP contribution in [0.1, 0.15) is 55.0 Å². The first-order valence-corrected chi connectivity index (χ1v) is 14.8. The molecule has 0 aliphatic heterocycles. The average molecular weight is 576 g/mol. The molecule has 4 rings (SSSR count). The fourth-order valence-electron chi connectivity index (χ4n) is 4.69. The molecule has 1 aromatic heterocycles. The van der Waals surface area contributed by atoms with Gasteiger partial charge in [0.15, 0.2) is 4.90 Å². The van der Waals surface area contributed by atoms with Gasteiger partial charge in [-0.05, 0) is 55.2 Å². The predicted molar refractivity (Wildman–Crippen MR) is 156 cm³/mol. The van der Waals surface area contributed by atoms with E-state index in [-0.39, 0.29) is 29.3 Å². The van der Waals surface area contributed by atoms with Gasteiger partial charge in [0.1, 0.15) is 12.4 Å². The van der Waals surface area contributed by atoms with Crippen molar-refractivity contribution in [2.75, 3.05) is 7.05 Å². The van der Waals surface area contributed by atoms with Crippen LogP contribution in [0, 0.1) is 0 Å². The van der Waals surface area contributed by atoms with E-state index in [9.17, 15) is 23.1 Å². The molecule has 0 aliphatic carbocycles. The minimum atomic E-state index is -4.49. The zero-order valence-electron chi connectivity index (χ0n) is 23.4. The summed E-state index contributed by atoms with van der Waals surface area (Å²) in [6.45, 7) is 5.44. The second-order valence-electron chi connectivity index (χ2n) is 9.70. The van der Waals surface area contributed by atoms with Gasteiger partial charge >= 0.3 is 0 Å². The van der Waals surface area contributed by atoms with Gasteiger partial charge in [-0.1, -0.05) is 67.6 Å². The monoisotopic (exact) mass is 575 g/mol. The number of nitrogens with one attached hydrogen (secondary N) is 1. The highest BCUT2D eigenvalue weighted by molar-refractivity contribution is 7.91. The molecule has 1 amide bonds. The molecule has 0 saturated carbocycles. The highest BCUT2D eigenvalue weighted by Crippen LogP contribution is 2.30. The number of nitrogens with zero attached hydrogens (tertiary/aromatic N) is 2. The topological polar surface area (TPSA) is 128 Å². The molecule has 10 heteroatoms. The van der Waals surface area contributed by atoms with E-state index in [2.05, 4.69) is 10.3 Å².